The maximum absolute atomic E-state index is 4.52. The highest BCUT2D eigenvalue weighted by atomic mass is 15.2. The van der Waals surface area contributed by atoms with E-state index in [-0.39, 0.29) is 0 Å². The minimum Gasteiger partial charge on any atom is -0.354 e. The lowest BCUT2D eigenvalue weighted by molar-refractivity contribution is 0.741. The Balaban J connectivity index is 1.95. The first-order valence-corrected chi connectivity index (χ1v) is 6.62. The van der Waals surface area contributed by atoms with Crippen molar-refractivity contribution in [3.05, 3.63) is 35.4 Å². The fourth-order valence-electron chi connectivity index (χ4n) is 1.87. The van der Waals surface area contributed by atoms with Gasteiger partial charge in [-0.2, -0.15) is 5.10 Å². The average molecular weight is 259 g/mol. The first kappa shape index (κ1) is 13.5. The summed E-state index contributed by atoms with van der Waals surface area (Å²) in [5.74, 6) is 1.12. The van der Waals surface area contributed by atoms with Crippen molar-refractivity contribution in [2.45, 2.75) is 33.1 Å². The summed E-state index contributed by atoms with van der Waals surface area (Å²) in [6.07, 6.45) is 2.82. The van der Waals surface area contributed by atoms with E-state index in [4.69, 9.17) is 0 Å². The first-order valence-electron chi connectivity index (χ1n) is 6.62. The molecule has 0 fully saturated rings. The summed E-state index contributed by atoms with van der Waals surface area (Å²) >= 11 is 0. The van der Waals surface area contributed by atoms with Crippen molar-refractivity contribution in [1.29, 1.82) is 0 Å². The van der Waals surface area contributed by atoms with E-state index in [1.54, 1.807) is 0 Å². The summed E-state index contributed by atoms with van der Waals surface area (Å²) in [6.45, 7) is 7.06. The molecule has 0 aliphatic heterocycles. The van der Waals surface area contributed by atoms with E-state index in [1.807, 2.05) is 37.0 Å². The van der Waals surface area contributed by atoms with Gasteiger partial charge in [0.1, 0.15) is 0 Å². The van der Waals surface area contributed by atoms with Gasteiger partial charge in [-0.15, -0.1) is 0 Å². The molecule has 0 saturated carbocycles. The van der Waals surface area contributed by atoms with Crippen molar-refractivity contribution in [1.82, 2.24) is 19.7 Å². The van der Waals surface area contributed by atoms with Crippen molar-refractivity contribution in [2.24, 2.45) is 7.05 Å². The first-order chi connectivity index (χ1) is 9.04. The Morgan fingerprint density at radius 2 is 2.11 bits per heavy atom. The van der Waals surface area contributed by atoms with Gasteiger partial charge in [-0.3, -0.25) is 4.68 Å². The van der Waals surface area contributed by atoms with Gasteiger partial charge >= 0.3 is 0 Å². The molecule has 0 aromatic carbocycles. The highest BCUT2D eigenvalue weighted by Gasteiger charge is 2.05. The Morgan fingerprint density at radius 3 is 2.74 bits per heavy atom. The molecule has 0 aliphatic carbocycles. The van der Waals surface area contributed by atoms with Crippen LogP contribution in [0.15, 0.2) is 18.3 Å². The minimum absolute atomic E-state index is 0.415. The SMILES string of the molecule is Cc1cc(C(C)C)nc(NCCc2ccn(C)n2)n1. The average Bonchev–Trinajstić information content (AvgIpc) is 2.74. The summed E-state index contributed by atoms with van der Waals surface area (Å²) in [6, 6.07) is 4.06. The summed E-state index contributed by atoms with van der Waals surface area (Å²) < 4.78 is 1.81. The molecule has 19 heavy (non-hydrogen) atoms. The Morgan fingerprint density at radius 1 is 1.32 bits per heavy atom. The molecule has 2 aromatic rings. The molecule has 2 heterocycles. The molecule has 5 nitrogen and oxygen atoms in total. The Labute approximate surface area is 114 Å². The summed E-state index contributed by atoms with van der Waals surface area (Å²) in [5, 5.41) is 7.61. The highest BCUT2D eigenvalue weighted by Crippen LogP contribution is 2.14. The van der Waals surface area contributed by atoms with Crippen LogP contribution >= 0.6 is 0 Å². The molecule has 2 aromatic heterocycles. The highest BCUT2D eigenvalue weighted by molar-refractivity contribution is 5.29. The van der Waals surface area contributed by atoms with Gasteiger partial charge in [-0.1, -0.05) is 13.8 Å². The number of aromatic nitrogens is 4. The second kappa shape index (κ2) is 5.82. The number of hydrogen-bond acceptors (Lipinski definition) is 4. The number of anilines is 1. The van der Waals surface area contributed by atoms with Crippen LogP contribution in [0.4, 0.5) is 5.95 Å². The predicted octanol–water partition coefficient (Wildman–Crippen LogP) is 2.30. The van der Waals surface area contributed by atoms with Crippen LogP contribution in [0.25, 0.3) is 0 Å². The molecular formula is C14H21N5. The lowest BCUT2D eigenvalue weighted by atomic mass is 10.1. The van der Waals surface area contributed by atoms with Gasteiger partial charge in [0.15, 0.2) is 0 Å². The Bertz CT molecular complexity index is 545. The topological polar surface area (TPSA) is 55.6 Å². The zero-order chi connectivity index (χ0) is 13.8. The molecule has 102 valence electrons. The largest absolute Gasteiger partial charge is 0.354 e. The maximum atomic E-state index is 4.52. The van der Waals surface area contributed by atoms with Crippen LogP contribution in [-0.4, -0.2) is 26.3 Å². The van der Waals surface area contributed by atoms with Crippen molar-refractivity contribution < 1.29 is 0 Å². The molecule has 2 rings (SSSR count). The normalized spacial score (nSPS) is 11.0. The molecule has 0 amide bonds. The van der Waals surface area contributed by atoms with Crippen LogP contribution in [0.2, 0.25) is 0 Å². The maximum Gasteiger partial charge on any atom is 0.223 e. The van der Waals surface area contributed by atoms with E-state index < -0.39 is 0 Å². The number of aryl methyl sites for hydroxylation is 2. The third-order valence-corrected chi connectivity index (χ3v) is 2.90. The summed E-state index contributed by atoms with van der Waals surface area (Å²) in [7, 11) is 1.93. The van der Waals surface area contributed by atoms with Crippen LogP contribution in [0.3, 0.4) is 0 Å². The molecule has 0 bridgehead atoms. The van der Waals surface area contributed by atoms with Gasteiger partial charge in [-0.25, -0.2) is 9.97 Å². The van der Waals surface area contributed by atoms with Crippen LogP contribution in [-0.2, 0) is 13.5 Å². The van der Waals surface area contributed by atoms with Gasteiger partial charge in [0, 0.05) is 37.6 Å². The van der Waals surface area contributed by atoms with Gasteiger partial charge in [0.25, 0.3) is 0 Å². The molecule has 0 spiro atoms. The third kappa shape index (κ3) is 3.77. The monoisotopic (exact) mass is 259 g/mol. The van der Waals surface area contributed by atoms with E-state index in [1.165, 1.54) is 0 Å². The molecule has 0 unspecified atom stereocenters. The van der Waals surface area contributed by atoms with Crippen molar-refractivity contribution >= 4 is 5.95 Å². The zero-order valence-corrected chi connectivity index (χ0v) is 12.0. The summed E-state index contributed by atoms with van der Waals surface area (Å²) in [4.78, 5) is 8.93. The summed E-state index contributed by atoms with van der Waals surface area (Å²) in [5.41, 5.74) is 3.15. The minimum atomic E-state index is 0.415. The molecule has 0 atom stereocenters. The van der Waals surface area contributed by atoms with Gasteiger partial charge in [0.05, 0.1) is 5.69 Å². The predicted molar refractivity (Wildman–Crippen MR) is 76.3 cm³/mol. The zero-order valence-electron chi connectivity index (χ0n) is 12.0. The molecular weight excluding hydrogens is 238 g/mol. The van der Waals surface area contributed by atoms with Crippen LogP contribution < -0.4 is 5.32 Å². The van der Waals surface area contributed by atoms with Crippen LogP contribution in [0, 0.1) is 6.92 Å². The number of hydrogen-bond donors (Lipinski definition) is 1. The number of nitrogens with zero attached hydrogens (tertiary/aromatic N) is 4. The van der Waals surface area contributed by atoms with E-state index in [2.05, 4.69) is 34.2 Å². The fraction of sp³-hybridized carbons (Fsp3) is 0.500. The van der Waals surface area contributed by atoms with E-state index >= 15 is 0 Å². The second-order valence-electron chi connectivity index (χ2n) is 5.07. The van der Waals surface area contributed by atoms with Crippen LogP contribution in [0.5, 0.6) is 0 Å². The Kier molecular flexibility index (Phi) is 4.14. The molecule has 5 heteroatoms. The van der Waals surface area contributed by atoms with Gasteiger partial charge in [0.2, 0.25) is 5.95 Å². The third-order valence-electron chi connectivity index (χ3n) is 2.90. The fourth-order valence-corrected chi connectivity index (χ4v) is 1.87. The quantitative estimate of drug-likeness (QED) is 0.895. The van der Waals surface area contributed by atoms with E-state index in [0.29, 0.717) is 11.9 Å². The van der Waals surface area contributed by atoms with Crippen molar-refractivity contribution in [3.8, 4) is 0 Å². The van der Waals surface area contributed by atoms with E-state index in [0.717, 1.165) is 30.0 Å². The van der Waals surface area contributed by atoms with Crippen molar-refractivity contribution in [2.75, 3.05) is 11.9 Å². The molecule has 0 radical (unpaired) electrons. The van der Waals surface area contributed by atoms with E-state index in [9.17, 15) is 0 Å². The standard InChI is InChI=1S/C14H21N5/c1-10(2)13-9-11(3)16-14(17-13)15-7-5-12-6-8-19(4)18-12/h6,8-10H,5,7H2,1-4H3,(H,15,16,17). The van der Waals surface area contributed by atoms with Crippen LogP contribution in [0.1, 0.15) is 36.8 Å². The van der Waals surface area contributed by atoms with Gasteiger partial charge in [-0.05, 0) is 25.0 Å². The molecule has 1 N–H and O–H groups in total. The second-order valence-corrected chi connectivity index (χ2v) is 5.07. The Hall–Kier alpha value is -1.91. The van der Waals surface area contributed by atoms with Crippen molar-refractivity contribution in [3.63, 3.8) is 0 Å². The lowest BCUT2D eigenvalue weighted by Crippen LogP contribution is -2.10. The number of nitrogens with one attached hydrogen (secondary N) is 1. The van der Waals surface area contributed by atoms with Gasteiger partial charge < -0.3 is 5.32 Å². The smallest absolute Gasteiger partial charge is 0.223 e. The lowest BCUT2D eigenvalue weighted by Gasteiger charge is -2.09. The molecule has 0 saturated heterocycles. The number of rotatable bonds is 5. The molecule has 0 aliphatic rings.